The summed E-state index contributed by atoms with van der Waals surface area (Å²) in [6.45, 7) is 1.68. The average molecular weight is 317 g/mol. The Labute approximate surface area is 132 Å². The van der Waals surface area contributed by atoms with Crippen LogP contribution in [0.4, 0.5) is 0 Å². The Kier molecular flexibility index (Phi) is 4.64. The third-order valence-electron chi connectivity index (χ3n) is 3.36. The molecular formula is C16H13ClN2O3. The summed E-state index contributed by atoms with van der Waals surface area (Å²) in [4.78, 5) is 23.9. The summed E-state index contributed by atoms with van der Waals surface area (Å²) in [5.41, 5.74) is 0.405. The highest BCUT2D eigenvalue weighted by atomic mass is 35.5. The molecule has 1 unspecified atom stereocenters. The van der Waals surface area contributed by atoms with Gasteiger partial charge in [-0.1, -0.05) is 30.7 Å². The van der Waals surface area contributed by atoms with Crippen LogP contribution < -0.4 is 5.56 Å². The van der Waals surface area contributed by atoms with Gasteiger partial charge in [-0.05, 0) is 36.2 Å². The molecule has 1 heterocycles. The molecule has 0 fully saturated rings. The second kappa shape index (κ2) is 6.46. The minimum Gasteiger partial charge on any atom is -0.480 e. The van der Waals surface area contributed by atoms with Crippen LogP contribution in [-0.2, 0) is 4.79 Å². The molecule has 0 aliphatic rings. The van der Waals surface area contributed by atoms with Gasteiger partial charge in [-0.15, -0.1) is 0 Å². The van der Waals surface area contributed by atoms with E-state index in [1.807, 2.05) is 0 Å². The van der Waals surface area contributed by atoms with Crippen molar-refractivity contribution in [2.24, 2.45) is 0 Å². The molecule has 0 aliphatic heterocycles. The largest absolute Gasteiger partial charge is 0.480 e. The molecule has 0 spiro atoms. The van der Waals surface area contributed by atoms with E-state index in [9.17, 15) is 14.7 Å². The molecule has 22 heavy (non-hydrogen) atoms. The average Bonchev–Trinajstić information content (AvgIpc) is 2.50. The molecule has 0 amide bonds. The molecule has 6 heteroatoms. The quantitative estimate of drug-likeness (QED) is 0.939. The van der Waals surface area contributed by atoms with Gasteiger partial charge >= 0.3 is 5.97 Å². The van der Waals surface area contributed by atoms with E-state index in [1.54, 1.807) is 43.3 Å². The molecule has 0 radical (unpaired) electrons. The van der Waals surface area contributed by atoms with E-state index in [-0.39, 0.29) is 12.0 Å². The van der Waals surface area contributed by atoms with Crippen molar-refractivity contribution in [3.05, 3.63) is 57.3 Å². The monoisotopic (exact) mass is 316 g/mol. The van der Waals surface area contributed by atoms with Crippen molar-refractivity contribution in [2.45, 2.75) is 19.4 Å². The maximum Gasteiger partial charge on any atom is 0.326 e. The summed E-state index contributed by atoms with van der Waals surface area (Å²) >= 11 is 5.85. The number of aromatic nitrogens is 1. The van der Waals surface area contributed by atoms with E-state index in [1.165, 1.54) is 6.07 Å². The van der Waals surface area contributed by atoms with Gasteiger partial charge in [0.2, 0.25) is 0 Å². The van der Waals surface area contributed by atoms with Crippen LogP contribution >= 0.6 is 11.6 Å². The lowest BCUT2D eigenvalue weighted by Gasteiger charge is -2.19. The lowest BCUT2D eigenvalue weighted by molar-refractivity contribution is -0.141. The number of pyridine rings is 1. The molecule has 1 aromatic carbocycles. The van der Waals surface area contributed by atoms with Crippen LogP contribution in [0.25, 0.3) is 11.3 Å². The van der Waals surface area contributed by atoms with Gasteiger partial charge < -0.3 is 5.11 Å². The summed E-state index contributed by atoms with van der Waals surface area (Å²) in [6, 6.07) is 10.5. The van der Waals surface area contributed by atoms with Gasteiger partial charge in [-0.25, -0.2) is 4.79 Å². The van der Waals surface area contributed by atoms with Crippen LogP contribution in [-0.4, -0.2) is 15.6 Å². The Morgan fingerprint density at radius 1 is 1.32 bits per heavy atom. The summed E-state index contributed by atoms with van der Waals surface area (Å²) in [6.07, 6.45) is 0.227. The Bertz CT molecular complexity index is 804. The zero-order valence-corrected chi connectivity index (χ0v) is 12.5. The van der Waals surface area contributed by atoms with E-state index in [4.69, 9.17) is 16.9 Å². The summed E-state index contributed by atoms with van der Waals surface area (Å²) < 4.78 is 1.16. The first-order chi connectivity index (χ1) is 10.5. The fourth-order valence-electron chi connectivity index (χ4n) is 2.27. The molecule has 0 bridgehead atoms. The van der Waals surface area contributed by atoms with Gasteiger partial charge in [0, 0.05) is 5.02 Å². The summed E-state index contributed by atoms with van der Waals surface area (Å²) in [5, 5.41) is 18.9. The number of rotatable bonds is 4. The van der Waals surface area contributed by atoms with E-state index in [2.05, 4.69) is 0 Å². The van der Waals surface area contributed by atoms with Crippen molar-refractivity contribution in [1.29, 1.82) is 5.26 Å². The van der Waals surface area contributed by atoms with Crippen LogP contribution in [0.3, 0.4) is 0 Å². The number of aliphatic carboxylic acids is 1. The predicted octanol–water partition coefficient (Wildman–Crippen LogP) is 3.08. The van der Waals surface area contributed by atoms with Gasteiger partial charge in [-0.2, -0.15) is 5.26 Å². The number of hydrogen-bond donors (Lipinski definition) is 1. The number of nitrogens with zero attached hydrogens (tertiary/aromatic N) is 2. The number of halogens is 1. The van der Waals surface area contributed by atoms with E-state index >= 15 is 0 Å². The highest BCUT2D eigenvalue weighted by Crippen LogP contribution is 2.24. The molecule has 2 rings (SSSR count). The Hall–Kier alpha value is -2.58. The SMILES string of the molecule is CCC(C(=O)O)n1c(-c2ccc(Cl)cc2)ccc(C#N)c1=O. The molecule has 0 aliphatic carbocycles. The number of carboxylic acid groups (broad SMARTS) is 1. The van der Waals surface area contributed by atoms with Gasteiger partial charge in [0.15, 0.2) is 0 Å². The first-order valence-corrected chi connectivity index (χ1v) is 7.01. The lowest BCUT2D eigenvalue weighted by Crippen LogP contribution is -2.32. The van der Waals surface area contributed by atoms with Crippen LogP contribution in [0.5, 0.6) is 0 Å². The van der Waals surface area contributed by atoms with E-state index in [0.29, 0.717) is 16.3 Å². The third kappa shape index (κ3) is 2.87. The molecule has 1 atom stereocenters. The minimum atomic E-state index is -1.12. The smallest absolute Gasteiger partial charge is 0.326 e. The number of benzene rings is 1. The van der Waals surface area contributed by atoms with Crippen molar-refractivity contribution >= 4 is 17.6 Å². The predicted molar refractivity (Wildman–Crippen MR) is 82.8 cm³/mol. The fraction of sp³-hybridized carbons (Fsp3) is 0.188. The van der Waals surface area contributed by atoms with Crippen molar-refractivity contribution in [1.82, 2.24) is 4.57 Å². The van der Waals surface area contributed by atoms with E-state index < -0.39 is 17.6 Å². The lowest BCUT2D eigenvalue weighted by atomic mass is 10.1. The van der Waals surface area contributed by atoms with Crippen LogP contribution in [0.2, 0.25) is 5.02 Å². The van der Waals surface area contributed by atoms with Crippen LogP contribution in [0, 0.1) is 11.3 Å². The number of hydrogen-bond acceptors (Lipinski definition) is 3. The van der Waals surface area contributed by atoms with Crippen molar-refractivity contribution in [3.8, 4) is 17.3 Å². The number of nitriles is 1. The fourth-order valence-corrected chi connectivity index (χ4v) is 2.40. The highest BCUT2D eigenvalue weighted by molar-refractivity contribution is 6.30. The maximum atomic E-state index is 12.4. The molecule has 1 N–H and O–H groups in total. The van der Waals surface area contributed by atoms with Gasteiger partial charge in [-0.3, -0.25) is 9.36 Å². The molecule has 1 aromatic heterocycles. The molecular weight excluding hydrogens is 304 g/mol. The highest BCUT2D eigenvalue weighted by Gasteiger charge is 2.23. The minimum absolute atomic E-state index is 0.0857. The first-order valence-electron chi connectivity index (χ1n) is 6.64. The number of carboxylic acids is 1. The molecule has 0 saturated carbocycles. The molecule has 112 valence electrons. The molecule has 2 aromatic rings. The standard InChI is InChI=1S/C16H13ClN2O3/c1-2-13(16(21)22)19-14(8-5-11(9-18)15(19)20)10-3-6-12(17)7-4-10/h3-8,13H,2H2,1H3,(H,21,22). The third-order valence-corrected chi connectivity index (χ3v) is 3.61. The second-order valence-corrected chi connectivity index (χ2v) is 5.12. The maximum absolute atomic E-state index is 12.4. The Morgan fingerprint density at radius 2 is 1.95 bits per heavy atom. The summed E-state index contributed by atoms with van der Waals surface area (Å²) in [7, 11) is 0. The molecule has 5 nitrogen and oxygen atoms in total. The van der Waals surface area contributed by atoms with Crippen molar-refractivity contribution < 1.29 is 9.90 Å². The topological polar surface area (TPSA) is 83.1 Å². The normalized spacial score (nSPS) is 11.7. The first kappa shape index (κ1) is 15.8. The Morgan fingerprint density at radius 3 is 2.45 bits per heavy atom. The van der Waals surface area contributed by atoms with Gasteiger partial charge in [0.05, 0.1) is 5.69 Å². The van der Waals surface area contributed by atoms with Gasteiger partial charge in [0.1, 0.15) is 17.7 Å². The molecule has 0 saturated heterocycles. The van der Waals surface area contributed by atoms with E-state index in [0.717, 1.165) is 4.57 Å². The van der Waals surface area contributed by atoms with Crippen LogP contribution in [0.15, 0.2) is 41.2 Å². The van der Waals surface area contributed by atoms with Crippen molar-refractivity contribution in [2.75, 3.05) is 0 Å². The zero-order chi connectivity index (χ0) is 16.3. The summed E-state index contributed by atoms with van der Waals surface area (Å²) in [5.74, 6) is -1.12. The Balaban J connectivity index is 2.77. The van der Waals surface area contributed by atoms with Gasteiger partial charge in [0.25, 0.3) is 5.56 Å². The number of carbonyl (C=O) groups is 1. The van der Waals surface area contributed by atoms with Crippen molar-refractivity contribution in [3.63, 3.8) is 0 Å². The second-order valence-electron chi connectivity index (χ2n) is 4.69. The van der Waals surface area contributed by atoms with Crippen LogP contribution in [0.1, 0.15) is 24.9 Å². The zero-order valence-electron chi connectivity index (χ0n) is 11.8.